The van der Waals surface area contributed by atoms with Gasteiger partial charge in [0.15, 0.2) is 30.9 Å². The number of unbranched alkanes of at least 4 members (excludes halogenated alkanes) is 1. The number of carbonyl (C=O) groups is 4. The summed E-state index contributed by atoms with van der Waals surface area (Å²) < 4.78 is 44.2. The highest BCUT2D eigenvalue weighted by atomic mass is 16.8. The summed E-state index contributed by atoms with van der Waals surface area (Å²) >= 11 is 0. The standard InChI is InChI=1S/C41H71N3O25/c1-3-42-23(48)8-4-5-9-25(50)44(13-19(47)7-6-11-62-38-33(58)30(55)26(51)18(2)65-38)14-24(49)43-10-12-63-40-36(61)37(69-41-35(60)32(57)28(53)21(16-46)67-41)29(54)22(68-40)17-64-39-34(59)31(56)27(52)20(15-45)66-39/h18,20-22,26-41,45-46,51-61H,3-17H2,1-2H3,(H,42,48)(H,43,49)/t18-,20+,21+,22+,26+,27+,28+,29+,30+,31-,32-,33-,34-,35-,36-,37-,38+,39-,40-,41?/m0/s1. The zero-order valence-corrected chi connectivity index (χ0v) is 38.3. The molecular formula is C41H71N3O25. The van der Waals surface area contributed by atoms with Gasteiger partial charge in [0.05, 0.1) is 52.2 Å². The van der Waals surface area contributed by atoms with Gasteiger partial charge in [-0.15, -0.1) is 0 Å². The third-order valence-electron chi connectivity index (χ3n) is 11.9. The van der Waals surface area contributed by atoms with E-state index < -0.39 is 180 Å². The molecule has 1 unspecified atom stereocenters. The first-order valence-electron chi connectivity index (χ1n) is 22.9. The molecule has 4 fully saturated rings. The summed E-state index contributed by atoms with van der Waals surface area (Å²) in [6, 6.07) is 0. The average molecular weight is 1010 g/mol. The first kappa shape index (κ1) is 58.8. The number of aliphatic hydroxyl groups is 13. The number of nitrogens with zero attached hydrogens (tertiary/aromatic N) is 1. The van der Waals surface area contributed by atoms with Crippen LogP contribution >= 0.6 is 0 Å². The molecule has 0 spiro atoms. The fraction of sp³-hybridized carbons (Fsp3) is 0.902. The number of ether oxygens (including phenoxy) is 8. The highest BCUT2D eigenvalue weighted by molar-refractivity contribution is 5.89. The zero-order valence-electron chi connectivity index (χ0n) is 38.3. The van der Waals surface area contributed by atoms with Gasteiger partial charge in [0.25, 0.3) is 0 Å². The van der Waals surface area contributed by atoms with Crippen molar-refractivity contribution in [3.8, 4) is 0 Å². The average Bonchev–Trinajstić information content (AvgIpc) is 3.32. The van der Waals surface area contributed by atoms with Crippen LogP contribution < -0.4 is 10.6 Å². The molecule has 0 aliphatic carbocycles. The Balaban J connectivity index is 1.37. The van der Waals surface area contributed by atoms with Crippen LogP contribution in [0.15, 0.2) is 0 Å². The van der Waals surface area contributed by atoms with Gasteiger partial charge in [-0.05, 0) is 33.1 Å². The van der Waals surface area contributed by atoms with Crippen LogP contribution in [0.25, 0.3) is 0 Å². The first-order valence-corrected chi connectivity index (χ1v) is 22.9. The number of rotatable bonds is 26. The van der Waals surface area contributed by atoms with Crippen LogP contribution in [-0.4, -0.2) is 277 Å². The van der Waals surface area contributed by atoms with Crippen molar-refractivity contribution in [2.24, 2.45) is 0 Å². The molecule has 4 heterocycles. The van der Waals surface area contributed by atoms with E-state index in [1.54, 1.807) is 6.92 Å². The second-order valence-corrected chi connectivity index (χ2v) is 17.2. The minimum atomic E-state index is -1.97. The minimum Gasteiger partial charge on any atom is -0.394 e. The monoisotopic (exact) mass is 1010 g/mol. The highest BCUT2D eigenvalue weighted by Gasteiger charge is 2.52. The van der Waals surface area contributed by atoms with Crippen LogP contribution in [0.5, 0.6) is 0 Å². The molecule has 0 aromatic rings. The summed E-state index contributed by atoms with van der Waals surface area (Å²) in [7, 11) is 0. The lowest BCUT2D eigenvalue weighted by Gasteiger charge is -2.46. The molecule has 20 atom stereocenters. The molecule has 4 saturated heterocycles. The zero-order chi connectivity index (χ0) is 51.1. The van der Waals surface area contributed by atoms with Crippen LogP contribution in [-0.2, 0) is 57.1 Å². The number of nitrogens with one attached hydrogen (secondary N) is 2. The Labute approximate surface area is 396 Å². The van der Waals surface area contributed by atoms with Crippen LogP contribution in [0, 0.1) is 0 Å². The number of hydrogen-bond donors (Lipinski definition) is 15. The largest absolute Gasteiger partial charge is 0.394 e. The molecule has 0 radical (unpaired) electrons. The maximum Gasteiger partial charge on any atom is 0.239 e. The Kier molecular flexibility index (Phi) is 24.3. The van der Waals surface area contributed by atoms with Gasteiger partial charge >= 0.3 is 0 Å². The molecule has 15 N–H and O–H groups in total. The summed E-state index contributed by atoms with van der Waals surface area (Å²) in [5.74, 6) is -1.99. The predicted molar refractivity (Wildman–Crippen MR) is 224 cm³/mol. The number of carbonyl (C=O) groups excluding carboxylic acids is 4. The normalized spacial score (nSPS) is 38.3. The maximum absolute atomic E-state index is 13.3. The van der Waals surface area contributed by atoms with Crippen molar-refractivity contribution >= 4 is 23.5 Å². The summed E-state index contributed by atoms with van der Waals surface area (Å²) in [5, 5.41) is 139. The number of Topliss-reactive ketones (excluding diaryl/α,β-unsaturated/α-hetero) is 1. The number of ketones is 1. The topological polar surface area (TPSA) is 432 Å². The van der Waals surface area contributed by atoms with E-state index in [0.717, 1.165) is 4.90 Å². The molecule has 69 heavy (non-hydrogen) atoms. The Bertz CT molecular complexity index is 1590. The van der Waals surface area contributed by atoms with Gasteiger partial charge in [-0.3, -0.25) is 19.2 Å². The molecule has 4 aliphatic heterocycles. The van der Waals surface area contributed by atoms with Crippen molar-refractivity contribution in [1.82, 2.24) is 15.5 Å². The van der Waals surface area contributed by atoms with Crippen molar-refractivity contribution in [2.45, 2.75) is 175 Å². The maximum atomic E-state index is 13.3. The van der Waals surface area contributed by atoms with E-state index in [9.17, 15) is 85.6 Å². The first-order chi connectivity index (χ1) is 32.7. The Morgan fingerprint density at radius 1 is 0.522 bits per heavy atom. The van der Waals surface area contributed by atoms with Gasteiger partial charge in [-0.2, -0.15) is 0 Å². The predicted octanol–water partition coefficient (Wildman–Crippen LogP) is -8.71. The van der Waals surface area contributed by atoms with Gasteiger partial charge in [-0.1, -0.05) is 0 Å². The van der Waals surface area contributed by atoms with E-state index in [-0.39, 0.29) is 51.2 Å². The van der Waals surface area contributed by atoms with E-state index >= 15 is 0 Å². The van der Waals surface area contributed by atoms with Crippen LogP contribution in [0.3, 0.4) is 0 Å². The van der Waals surface area contributed by atoms with E-state index in [4.69, 9.17) is 37.9 Å². The lowest BCUT2D eigenvalue weighted by Crippen LogP contribution is -2.65. The quantitative estimate of drug-likeness (QED) is 0.0358. The Morgan fingerprint density at radius 3 is 1.68 bits per heavy atom. The minimum absolute atomic E-state index is 0.0951. The van der Waals surface area contributed by atoms with Crippen molar-refractivity contribution in [2.75, 3.05) is 59.2 Å². The molecule has 0 saturated carbocycles. The van der Waals surface area contributed by atoms with E-state index in [1.165, 1.54) is 6.92 Å². The fourth-order valence-corrected chi connectivity index (χ4v) is 7.81. The molecule has 28 nitrogen and oxygen atoms in total. The lowest BCUT2D eigenvalue weighted by atomic mass is 9.96. The smallest absolute Gasteiger partial charge is 0.239 e. The van der Waals surface area contributed by atoms with Gasteiger partial charge < -0.3 is 120 Å². The van der Waals surface area contributed by atoms with Crippen molar-refractivity contribution in [3.63, 3.8) is 0 Å². The lowest BCUT2D eigenvalue weighted by molar-refractivity contribution is -0.366. The van der Waals surface area contributed by atoms with Crippen LogP contribution in [0.2, 0.25) is 0 Å². The van der Waals surface area contributed by atoms with Crippen molar-refractivity contribution in [3.05, 3.63) is 0 Å². The van der Waals surface area contributed by atoms with Gasteiger partial charge in [0.2, 0.25) is 17.7 Å². The number of aliphatic hydroxyl groups excluding tert-OH is 13. The number of hydrogen-bond acceptors (Lipinski definition) is 25. The van der Waals surface area contributed by atoms with E-state index in [1.807, 2.05) is 0 Å². The second kappa shape index (κ2) is 28.5. The highest BCUT2D eigenvalue weighted by Crippen LogP contribution is 2.31. The molecule has 28 heteroatoms. The Morgan fingerprint density at radius 2 is 1.06 bits per heavy atom. The molecule has 4 aliphatic rings. The van der Waals surface area contributed by atoms with Gasteiger partial charge in [-0.25, -0.2) is 0 Å². The summed E-state index contributed by atoms with van der Waals surface area (Å²) in [4.78, 5) is 52.5. The molecule has 0 aromatic heterocycles. The van der Waals surface area contributed by atoms with Crippen LogP contribution in [0.4, 0.5) is 0 Å². The van der Waals surface area contributed by atoms with Gasteiger partial charge in [0, 0.05) is 32.4 Å². The molecule has 0 aromatic carbocycles. The summed E-state index contributed by atoms with van der Waals surface area (Å²) in [6.45, 7) is -0.604. The SMILES string of the molecule is CCNC(=O)CCCCC(=O)N(CC(=O)CCCO[C@@H]1O[C@@H](C)[C@@H](O)[C@@H](O)[C@@H]1O)CC(=O)NCCO[C@H]1O[C@H](CO[C@H]2O[C@H](CO)[C@@H](O)[C@H](O)[C@@H]2O)[C@@H](O)[C@H](OC2O[C@H](CO)[C@@H](O)[C@H](O)[C@@H]2O)[C@@H]1O. The van der Waals surface area contributed by atoms with E-state index in [0.29, 0.717) is 13.0 Å². The van der Waals surface area contributed by atoms with Crippen LogP contribution in [0.1, 0.15) is 52.4 Å². The van der Waals surface area contributed by atoms with Crippen molar-refractivity contribution < 1.29 is 123 Å². The third kappa shape index (κ3) is 16.4. The fourth-order valence-electron chi connectivity index (χ4n) is 7.81. The van der Waals surface area contributed by atoms with Crippen molar-refractivity contribution in [1.29, 1.82) is 0 Å². The number of amides is 3. The second-order valence-electron chi connectivity index (χ2n) is 17.2. The van der Waals surface area contributed by atoms with Gasteiger partial charge in [0.1, 0.15) is 91.6 Å². The molecule has 0 bridgehead atoms. The summed E-state index contributed by atoms with van der Waals surface area (Å²) in [5.41, 5.74) is 0. The molecular weight excluding hydrogens is 934 g/mol. The summed E-state index contributed by atoms with van der Waals surface area (Å²) in [6.07, 6.45) is -32.3. The molecule has 400 valence electrons. The molecule has 4 rings (SSSR count). The molecule has 3 amide bonds. The Hall–Kier alpha value is -2.76. The third-order valence-corrected chi connectivity index (χ3v) is 11.9. The van der Waals surface area contributed by atoms with E-state index in [2.05, 4.69) is 10.6 Å².